The Kier molecular flexibility index (Phi) is 6.66. The Balaban J connectivity index is 3.09. The van der Waals surface area contributed by atoms with E-state index in [1.807, 2.05) is 13.8 Å². The molecule has 0 saturated heterocycles. The van der Waals surface area contributed by atoms with E-state index in [9.17, 15) is 18.0 Å². The summed E-state index contributed by atoms with van der Waals surface area (Å²) in [7, 11) is 1.16. The Bertz CT molecular complexity index is 573. The Labute approximate surface area is 140 Å². The molecule has 1 N–H and O–H groups in total. The van der Waals surface area contributed by atoms with E-state index >= 15 is 0 Å². The van der Waals surface area contributed by atoms with Crippen LogP contribution in [0.15, 0.2) is 18.2 Å². The lowest BCUT2D eigenvalue weighted by Crippen LogP contribution is -2.44. The third kappa shape index (κ3) is 5.12. The van der Waals surface area contributed by atoms with Crippen molar-refractivity contribution < 1.29 is 27.4 Å². The van der Waals surface area contributed by atoms with E-state index in [4.69, 9.17) is 9.47 Å². The normalized spacial score (nSPS) is 14.4. The first kappa shape index (κ1) is 20.3. The number of methoxy groups -OCH3 is 1. The molecule has 1 rings (SSSR count). The lowest BCUT2D eigenvalue weighted by Gasteiger charge is -2.30. The maximum absolute atomic E-state index is 13.1. The molecular formula is C17H24F3NO3. The molecule has 1 atom stereocenters. The fraction of sp³-hybridized carbons (Fsp3) is 0.588. The van der Waals surface area contributed by atoms with Crippen molar-refractivity contribution >= 4 is 11.6 Å². The van der Waals surface area contributed by atoms with Gasteiger partial charge >= 0.3 is 6.18 Å². The van der Waals surface area contributed by atoms with E-state index in [1.54, 1.807) is 13.8 Å². The molecule has 0 radical (unpaired) electrons. The minimum atomic E-state index is -4.58. The van der Waals surface area contributed by atoms with Gasteiger partial charge in [0.1, 0.15) is 11.4 Å². The van der Waals surface area contributed by atoms with Crippen LogP contribution >= 0.6 is 0 Å². The number of halogens is 3. The number of hydrogen-bond acceptors (Lipinski definition) is 3. The number of carbonyl (C=O) groups is 1. The van der Waals surface area contributed by atoms with E-state index in [0.717, 1.165) is 13.2 Å². The SMILES string of the molecule is CCOC(C)(CC(C)C)C(=O)Nc1ccc(OC)c(C(F)(F)F)c1. The standard InChI is InChI=1S/C17H24F3NO3/c1-6-24-16(4,10-11(2)3)15(22)21-12-7-8-14(23-5)13(9-12)17(18,19)20/h7-9,11H,6,10H2,1-5H3,(H,21,22). The van der Waals surface area contributed by atoms with Crippen LogP contribution in [-0.4, -0.2) is 25.2 Å². The van der Waals surface area contributed by atoms with Gasteiger partial charge in [-0.2, -0.15) is 13.2 Å². The number of alkyl halides is 3. The molecule has 0 heterocycles. The summed E-state index contributed by atoms with van der Waals surface area (Å²) in [5.74, 6) is -0.583. The molecular weight excluding hydrogens is 323 g/mol. The number of amides is 1. The van der Waals surface area contributed by atoms with Gasteiger partial charge in [0.25, 0.3) is 5.91 Å². The number of rotatable bonds is 7. The number of hydrogen-bond donors (Lipinski definition) is 1. The number of benzene rings is 1. The van der Waals surface area contributed by atoms with Crippen molar-refractivity contribution in [1.29, 1.82) is 0 Å². The van der Waals surface area contributed by atoms with Gasteiger partial charge in [0, 0.05) is 12.3 Å². The molecule has 1 aromatic carbocycles. The van der Waals surface area contributed by atoms with Crippen LogP contribution < -0.4 is 10.1 Å². The molecule has 0 aliphatic heterocycles. The van der Waals surface area contributed by atoms with E-state index in [2.05, 4.69) is 5.32 Å². The first-order valence-corrected chi connectivity index (χ1v) is 7.74. The summed E-state index contributed by atoms with van der Waals surface area (Å²) in [4.78, 5) is 12.5. The van der Waals surface area contributed by atoms with Crippen molar-refractivity contribution in [1.82, 2.24) is 0 Å². The van der Waals surface area contributed by atoms with Crippen LogP contribution in [0.1, 0.15) is 39.7 Å². The number of nitrogens with one attached hydrogen (secondary N) is 1. The molecule has 24 heavy (non-hydrogen) atoms. The lowest BCUT2D eigenvalue weighted by atomic mass is 9.93. The first-order valence-electron chi connectivity index (χ1n) is 7.74. The van der Waals surface area contributed by atoms with E-state index < -0.39 is 23.2 Å². The third-order valence-corrected chi connectivity index (χ3v) is 3.50. The maximum atomic E-state index is 13.1. The van der Waals surface area contributed by atoms with Crippen molar-refractivity contribution in [3.8, 4) is 5.75 Å². The van der Waals surface area contributed by atoms with E-state index in [0.29, 0.717) is 13.0 Å². The van der Waals surface area contributed by atoms with Crippen LogP contribution in [0.25, 0.3) is 0 Å². The Hall–Kier alpha value is -1.76. The van der Waals surface area contributed by atoms with Crippen molar-refractivity contribution in [2.24, 2.45) is 5.92 Å². The second kappa shape index (κ2) is 7.88. The number of anilines is 1. The molecule has 1 unspecified atom stereocenters. The minimum Gasteiger partial charge on any atom is -0.496 e. The van der Waals surface area contributed by atoms with E-state index in [1.165, 1.54) is 12.1 Å². The average molecular weight is 347 g/mol. The summed E-state index contributed by atoms with van der Waals surface area (Å²) in [5, 5.41) is 2.52. The zero-order chi connectivity index (χ0) is 18.5. The second-order valence-corrected chi connectivity index (χ2v) is 6.13. The van der Waals surface area contributed by atoms with Crippen LogP contribution in [0, 0.1) is 5.92 Å². The van der Waals surface area contributed by atoms with Gasteiger partial charge in [-0.1, -0.05) is 13.8 Å². The van der Waals surface area contributed by atoms with Crippen molar-refractivity contribution in [3.05, 3.63) is 23.8 Å². The third-order valence-electron chi connectivity index (χ3n) is 3.50. The summed E-state index contributed by atoms with van der Waals surface area (Å²) < 4.78 is 49.5. The summed E-state index contributed by atoms with van der Waals surface area (Å²) in [6.07, 6.45) is -4.12. The van der Waals surface area contributed by atoms with Gasteiger partial charge in [-0.25, -0.2) is 0 Å². The monoisotopic (exact) mass is 347 g/mol. The Morgan fingerprint density at radius 3 is 2.38 bits per heavy atom. The first-order chi connectivity index (χ1) is 11.0. The van der Waals surface area contributed by atoms with Gasteiger partial charge in [-0.3, -0.25) is 4.79 Å². The largest absolute Gasteiger partial charge is 0.496 e. The quantitative estimate of drug-likeness (QED) is 0.790. The van der Waals surface area contributed by atoms with Gasteiger partial charge in [-0.05, 0) is 44.4 Å². The van der Waals surface area contributed by atoms with Crippen molar-refractivity contribution in [2.45, 2.75) is 45.9 Å². The molecule has 1 aromatic rings. The predicted molar refractivity (Wildman–Crippen MR) is 86.1 cm³/mol. The Morgan fingerprint density at radius 2 is 1.92 bits per heavy atom. The molecule has 0 aliphatic rings. The van der Waals surface area contributed by atoms with E-state index in [-0.39, 0.29) is 17.4 Å². The van der Waals surface area contributed by atoms with Gasteiger partial charge < -0.3 is 14.8 Å². The summed E-state index contributed by atoms with van der Waals surface area (Å²) in [6.45, 7) is 7.62. The van der Waals surface area contributed by atoms with Crippen LogP contribution in [0.2, 0.25) is 0 Å². The van der Waals surface area contributed by atoms with Crippen LogP contribution in [0.4, 0.5) is 18.9 Å². The summed E-state index contributed by atoms with van der Waals surface area (Å²) in [6, 6.07) is 3.41. The molecule has 0 fully saturated rings. The molecule has 0 aliphatic carbocycles. The van der Waals surface area contributed by atoms with Gasteiger partial charge in [0.05, 0.1) is 12.7 Å². The zero-order valence-electron chi connectivity index (χ0n) is 14.6. The maximum Gasteiger partial charge on any atom is 0.420 e. The summed E-state index contributed by atoms with van der Waals surface area (Å²) in [5.41, 5.74) is -2.01. The minimum absolute atomic E-state index is 0.0443. The molecule has 1 amide bonds. The fourth-order valence-corrected chi connectivity index (χ4v) is 2.59. The highest BCUT2D eigenvalue weighted by atomic mass is 19.4. The lowest BCUT2D eigenvalue weighted by molar-refractivity contribution is -0.141. The highest BCUT2D eigenvalue weighted by molar-refractivity contribution is 5.97. The summed E-state index contributed by atoms with van der Waals surface area (Å²) >= 11 is 0. The second-order valence-electron chi connectivity index (χ2n) is 6.13. The Morgan fingerprint density at radius 1 is 1.29 bits per heavy atom. The molecule has 0 spiro atoms. The highest BCUT2D eigenvalue weighted by Gasteiger charge is 2.37. The van der Waals surface area contributed by atoms with Crippen LogP contribution in [-0.2, 0) is 15.7 Å². The van der Waals surface area contributed by atoms with Gasteiger partial charge in [0.15, 0.2) is 0 Å². The molecule has 0 aromatic heterocycles. The predicted octanol–water partition coefficient (Wildman–Crippen LogP) is 4.49. The van der Waals surface area contributed by atoms with Gasteiger partial charge in [0.2, 0.25) is 0 Å². The van der Waals surface area contributed by atoms with Crippen LogP contribution in [0.3, 0.4) is 0 Å². The molecule has 0 saturated carbocycles. The average Bonchev–Trinajstić information content (AvgIpc) is 2.45. The van der Waals surface area contributed by atoms with Crippen molar-refractivity contribution in [2.75, 3.05) is 19.0 Å². The molecule has 4 nitrogen and oxygen atoms in total. The highest BCUT2D eigenvalue weighted by Crippen LogP contribution is 2.38. The van der Waals surface area contributed by atoms with Gasteiger partial charge in [-0.15, -0.1) is 0 Å². The number of carbonyl (C=O) groups excluding carboxylic acids is 1. The smallest absolute Gasteiger partial charge is 0.420 e. The van der Waals surface area contributed by atoms with Crippen LogP contribution in [0.5, 0.6) is 5.75 Å². The zero-order valence-corrected chi connectivity index (χ0v) is 14.6. The molecule has 136 valence electrons. The topological polar surface area (TPSA) is 47.6 Å². The fourth-order valence-electron chi connectivity index (χ4n) is 2.59. The molecule has 0 bridgehead atoms. The number of ether oxygens (including phenoxy) is 2. The van der Waals surface area contributed by atoms with Crippen molar-refractivity contribution in [3.63, 3.8) is 0 Å². The molecule has 7 heteroatoms.